The summed E-state index contributed by atoms with van der Waals surface area (Å²) in [6.45, 7) is 0. The molecule has 1 amide bonds. The molecule has 0 spiro atoms. The van der Waals surface area contributed by atoms with Crippen molar-refractivity contribution in [2.45, 2.75) is 18.8 Å². The molecule has 1 aliphatic rings. The number of carbonyl (C=O) groups excluding carboxylic acids is 1. The number of hydrogen-bond acceptors (Lipinski definition) is 3. The average Bonchev–Trinajstić information content (AvgIpc) is 2.91. The van der Waals surface area contributed by atoms with Gasteiger partial charge < -0.3 is 4.57 Å². The lowest BCUT2D eigenvalue weighted by Gasteiger charge is -1.88. The topological polar surface area (TPSA) is 63.0 Å². The van der Waals surface area contributed by atoms with Gasteiger partial charge in [-0.15, -0.1) is 11.3 Å². The van der Waals surface area contributed by atoms with Crippen molar-refractivity contribution in [2.24, 2.45) is 12.0 Å². The van der Waals surface area contributed by atoms with E-state index < -0.39 is 0 Å². The molecule has 1 fully saturated rings. The van der Waals surface area contributed by atoms with E-state index >= 15 is 0 Å². The molecule has 0 atom stereocenters. The van der Waals surface area contributed by atoms with Crippen LogP contribution in [0.1, 0.15) is 34.9 Å². The van der Waals surface area contributed by atoms with E-state index in [1.807, 2.05) is 29.3 Å². The van der Waals surface area contributed by atoms with Gasteiger partial charge in [0.15, 0.2) is 10.5 Å². The number of amides is 1. The van der Waals surface area contributed by atoms with E-state index in [1.54, 1.807) is 0 Å². The number of aryl methyl sites for hydroxylation is 1. The van der Waals surface area contributed by atoms with Crippen LogP contribution in [0.15, 0.2) is 22.6 Å². The van der Waals surface area contributed by atoms with Crippen molar-refractivity contribution in [3.8, 4) is 0 Å². The summed E-state index contributed by atoms with van der Waals surface area (Å²) < 4.78 is 1.82. The van der Waals surface area contributed by atoms with Crippen LogP contribution in [0.2, 0.25) is 0 Å². The molecule has 0 radical (unpaired) electrons. The number of rotatable bonds is 2. The Balaban J connectivity index is 1.88. The summed E-state index contributed by atoms with van der Waals surface area (Å²) in [5.74, 6) is 0.285. The van der Waals surface area contributed by atoms with Gasteiger partial charge in [-0.05, 0) is 18.9 Å². The second-order valence-corrected chi connectivity index (χ2v) is 5.07. The molecule has 2 heterocycles. The molecule has 1 saturated carbocycles. The van der Waals surface area contributed by atoms with E-state index in [0.717, 1.165) is 5.69 Å². The summed E-state index contributed by atoms with van der Waals surface area (Å²) in [6, 6.07) is 1.82. The molecule has 0 unspecified atom stereocenters. The zero-order valence-electron chi connectivity index (χ0n) is 9.38. The molecule has 2 aromatic rings. The molecule has 0 aliphatic heterocycles. The van der Waals surface area contributed by atoms with Gasteiger partial charge in [-0.25, -0.2) is 0 Å². The Hall–Kier alpha value is -1.69. The second kappa shape index (κ2) is 3.96. The van der Waals surface area contributed by atoms with Crippen LogP contribution in [0.5, 0.6) is 0 Å². The quantitative estimate of drug-likeness (QED) is 0.873. The normalized spacial score (nSPS) is 16.4. The summed E-state index contributed by atoms with van der Waals surface area (Å²) in [7, 11) is 1.86. The van der Waals surface area contributed by atoms with E-state index in [0.29, 0.717) is 16.4 Å². The van der Waals surface area contributed by atoms with Gasteiger partial charge in [0, 0.05) is 30.2 Å². The van der Waals surface area contributed by atoms with E-state index in [1.165, 1.54) is 24.2 Å². The fourth-order valence-corrected chi connectivity index (χ4v) is 2.36. The second-order valence-electron chi connectivity index (χ2n) is 4.20. The van der Waals surface area contributed by atoms with Gasteiger partial charge in [-0.2, -0.15) is 10.1 Å². The molecule has 0 bridgehead atoms. The number of aromatic nitrogens is 3. The lowest BCUT2D eigenvalue weighted by Crippen LogP contribution is -2.12. The molecule has 5 nitrogen and oxygen atoms in total. The number of H-pyrrole nitrogens is 1. The molecule has 6 heteroatoms. The first-order valence-electron chi connectivity index (χ1n) is 5.48. The molecule has 1 aliphatic carbocycles. The first kappa shape index (κ1) is 10.5. The smallest absolute Gasteiger partial charge is 0.300 e. The van der Waals surface area contributed by atoms with Gasteiger partial charge in [0.25, 0.3) is 5.91 Å². The van der Waals surface area contributed by atoms with Crippen LogP contribution in [0.4, 0.5) is 0 Å². The van der Waals surface area contributed by atoms with Crippen LogP contribution in [-0.2, 0) is 7.05 Å². The molecule has 0 saturated heterocycles. The van der Waals surface area contributed by atoms with Crippen LogP contribution in [-0.4, -0.2) is 20.7 Å². The van der Waals surface area contributed by atoms with Crippen LogP contribution >= 0.6 is 11.3 Å². The maximum absolute atomic E-state index is 11.9. The fraction of sp³-hybridized carbons (Fsp3) is 0.364. The Kier molecular flexibility index (Phi) is 2.44. The SMILES string of the molecule is Cn1ccsc1=NC(=O)c1cc(C2CC2)[nH]n1. The average molecular weight is 248 g/mol. The molecule has 1 N–H and O–H groups in total. The maximum atomic E-state index is 11.9. The van der Waals surface area contributed by atoms with E-state index in [2.05, 4.69) is 15.2 Å². The summed E-state index contributed by atoms with van der Waals surface area (Å²) >= 11 is 1.44. The Labute approximate surface area is 102 Å². The van der Waals surface area contributed by atoms with Crippen LogP contribution in [0, 0.1) is 0 Å². The Bertz CT molecular complexity index is 617. The van der Waals surface area contributed by atoms with E-state index in [-0.39, 0.29) is 5.91 Å². The van der Waals surface area contributed by atoms with Crippen molar-refractivity contribution in [3.05, 3.63) is 33.8 Å². The third-order valence-electron chi connectivity index (χ3n) is 2.79. The molecule has 2 aromatic heterocycles. The number of carbonyl (C=O) groups is 1. The van der Waals surface area contributed by atoms with Crippen molar-refractivity contribution in [2.75, 3.05) is 0 Å². The Morgan fingerprint density at radius 3 is 3.12 bits per heavy atom. The molecular weight excluding hydrogens is 236 g/mol. The number of aromatic amines is 1. The number of hydrogen-bond donors (Lipinski definition) is 1. The van der Waals surface area contributed by atoms with Gasteiger partial charge >= 0.3 is 0 Å². The predicted octanol–water partition coefficient (Wildman–Crippen LogP) is 1.43. The first-order valence-corrected chi connectivity index (χ1v) is 6.36. The molecule has 3 rings (SSSR count). The van der Waals surface area contributed by atoms with Crippen molar-refractivity contribution in [1.29, 1.82) is 0 Å². The van der Waals surface area contributed by atoms with Gasteiger partial charge in [0.05, 0.1) is 0 Å². The van der Waals surface area contributed by atoms with Crippen molar-refractivity contribution in [1.82, 2.24) is 14.8 Å². The minimum atomic E-state index is -0.286. The Morgan fingerprint density at radius 1 is 1.65 bits per heavy atom. The van der Waals surface area contributed by atoms with E-state index in [4.69, 9.17) is 0 Å². The monoisotopic (exact) mass is 248 g/mol. The summed E-state index contributed by atoms with van der Waals surface area (Å²) in [4.78, 5) is 16.6. The largest absolute Gasteiger partial charge is 0.327 e. The van der Waals surface area contributed by atoms with Gasteiger partial charge in [-0.3, -0.25) is 9.89 Å². The van der Waals surface area contributed by atoms with Gasteiger partial charge in [0.2, 0.25) is 0 Å². The van der Waals surface area contributed by atoms with Crippen molar-refractivity contribution >= 4 is 17.2 Å². The third-order valence-corrected chi connectivity index (χ3v) is 3.64. The molecular formula is C11H12N4OS. The highest BCUT2D eigenvalue weighted by molar-refractivity contribution is 7.07. The van der Waals surface area contributed by atoms with Crippen LogP contribution < -0.4 is 4.80 Å². The third kappa shape index (κ3) is 2.08. The van der Waals surface area contributed by atoms with E-state index in [9.17, 15) is 4.79 Å². The zero-order valence-corrected chi connectivity index (χ0v) is 10.2. The summed E-state index contributed by atoms with van der Waals surface area (Å²) in [6.07, 6.45) is 4.25. The van der Waals surface area contributed by atoms with Gasteiger partial charge in [-0.1, -0.05) is 0 Å². The van der Waals surface area contributed by atoms with Crippen LogP contribution in [0.25, 0.3) is 0 Å². The fourth-order valence-electron chi connectivity index (χ4n) is 1.63. The zero-order chi connectivity index (χ0) is 11.8. The minimum absolute atomic E-state index is 0.286. The lowest BCUT2D eigenvalue weighted by molar-refractivity contribution is 0.0993. The standard InChI is InChI=1S/C11H12N4OS/c1-15-4-5-17-11(15)12-10(16)9-6-8(13-14-9)7-2-3-7/h4-7H,2-3H2,1H3,(H,13,14). The summed E-state index contributed by atoms with van der Waals surface area (Å²) in [5.41, 5.74) is 1.46. The number of nitrogens with one attached hydrogen (secondary N) is 1. The van der Waals surface area contributed by atoms with Crippen molar-refractivity contribution < 1.29 is 4.79 Å². The predicted molar refractivity (Wildman–Crippen MR) is 63.7 cm³/mol. The molecule has 17 heavy (non-hydrogen) atoms. The highest BCUT2D eigenvalue weighted by Crippen LogP contribution is 2.38. The highest BCUT2D eigenvalue weighted by Gasteiger charge is 2.26. The van der Waals surface area contributed by atoms with Gasteiger partial charge in [0.1, 0.15) is 0 Å². The first-order chi connectivity index (χ1) is 8.24. The number of thiazole rings is 1. The minimum Gasteiger partial charge on any atom is -0.327 e. The lowest BCUT2D eigenvalue weighted by atomic mass is 10.2. The highest BCUT2D eigenvalue weighted by atomic mass is 32.1. The molecule has 88 valence electrons. The Morgan fingerprint density at radius 2 is 2.47 bits per heavy atom. The van der Waals surface area contributed by atoms with Crippen molar-refractivity contribution in [3.63, 3.8) is 0 Å². The summed E-state index contributed by atoms with van der Waals surface area (Å²) in [5, 5.41) is 8.82. The number of nitrogens with zero attached hydrogens (tertiary/aromatic N) is 3. The van der Waals surface area contributed by atoms with Crippen LogP contribution in [0.3, 0.4) is 0 Å². The maximum Gasteiger partial charge on any atom is 0.300 e. The molecule has 0 aromatic carbocycles.